The zero-order valence-electron chi connectivity index (χ0n) is 19.0. The molecule has 0 aliphatic heterocycles. The summed E-state index contributed by atoms with van der Waals surface area (Å²) in [5.74, 6) is 0.905. The van der Waals surface area contributed by atoms with Gasteiger partial charge >= 0.3 is 0 Å². The quantitative estimate of drug-likeness (QED) is 0.566. The van der Waals surface area contributed by atoms with Gasteiger partial charge in [0.1, 0.15) is 11.5 Å². The third-order valence-corrected chi connectivity index (χ3v) is 7.07. The molecule has 2 heteroatoms. The minimum atomic E-state index is -0.151. The number of hydrogen-bond donors (Lipinski definition) is 2. The molecule has 0 heterocycles. The molecular weight excluding hydrogens is 344 g/mol. The van der Waals surface area contributed by atoms with Crippen LogP contribution >= 0.6 is 0 Å². The van der Waals surface area contributed by atoms with Crippen LogP contribution in [0, 0.1) is 0 Å². The lowest BCUT2D eigenvalue weighted by atomic mass is 9.60. The molecule has 28 heavy (non-hydrogen) atoms. The van der Waals surface area contributed by atoms with Crippen molar-refractivity contribution in [3.8, 4) is 11.5 Å². The van der Waals surface area contributed by atoms with Crippen LogP contribution in [-0.2, 0) is 36.5 Å². The summed E-state index contributed by atoms with van der Waals surface area (Å²) >= 11 is 0. The van der Waals surface area contributed by atoms with Crippen molar-refractivity contribution < 1.29 is 10.2 Å². The number of rotatable bonds is 7. The summed E-state index contributed by atoms with van der Waals surface area (Å²) in [7, 11) is 0. The van der Waals surface area contributed by atoms with Crippen molar-refractivity contribution in [2.45, 2.75) is 91.9 Å². The van der Waals surface area contributed by atoms with E-state index in [1.807, 2.05) is 0 Å². The van der Waals surface area contributed by atoms with E-state index in [1.54, 1.807) is 0 Å². The number of aryl methyl sites for hydroxylation is 4. The average molecular weight is 383 g/mol. The molecule has 0 bridgehead atoms. The van der Waals surface area contributed by atoms with E-state index in [9.17, 15) is 10.2 Å². The van der Waals surface area contributed by atoms with E-state index in [0.29, 0.717) is 11.5 Å². The monoisotopic (exact) mass is 382 g/mol. The second kappa shape index (κ2) is 8.19. The minimum absolute atomic E-state index is 0.151. The Bertz CT molecular complexity index is 722. The standard InChI is InChI=1S/C26H38O2/c1-9-17-13-21(14-18(10-2)23(17)27)25(5,6)26(7,8)22-15-19(11-3)24(28)20(12-4)16-22/h13-16,27-28H,9-12H2,1-8H3. The van der Waals surface area contributed by atoms with E-state index in [2.05, 4.69) is 79.7 Å². The summed E-state index contributed by atoms with van der Waals surface area (Å²) in [5.41, 5.74) is 6.30. The van der Waals surface area contributed by atoms with Crippen LogP contribution in [0.3, 0.4) is 0 Å². The van der Waals surface area contributed by atoms with Crippen LogP contribution in [0.4, 0.5) is 0 Å². The summed E-state index contributed by atoms with van der Waals surface area (Å²) in [6, 6.07) is 8.71. The van der Waals surface area contributed by atoms with Crippen molar-refractivity contribution in [1.82, 2.24) is 0 Å². The van der Waals surface area contributed by atoms with Crippen molar-refractivity contribution in [1.29, 1.82) is 0 Å². The number of hydrogen-bond acceptors (Lipinski definition) is 2. The van der Waals surface area contributed by atoms with Crippen molar-refractivity contribution in [3.05, 3.63) is 57.6 Å². The minimum Gasteiger partial charge on any atom is -0.507 e. The first-order valence-electron chi connectivity index (χ1n) is 10.7. The molecule has 0 unspecified atom stereocenters. The zero-order valence-corrected chi connectivity index (χ0v) is 19.0. The molecule has 0 aliphatic rings. The highest BCUT2D eigenvalue weighted by Crippen LogP contribution is 2.46. The SMILES string of the molecule is CCc1cc(C(C)(C)C(C)(C)c2cc(CC)c(O)c(CC)c2)cc(CC)c1O. The molecule has 0 radical (unpaired) electrons. The maximum absolute atomic E-state index is 10.5. The first kappa shape index (κ1) is 22.3. The van der Waals surface area contributed by atoms with Gasteiger partial charge in [-0.3, -0.25) is 0 Å². The van der Waals surface area contributed by atoms with Gasteiger partial charge in [-0.2, -0.15) is 0 Å². The Kier molecular flexibility index (Phi) is 6.53. The number of aromatic hydroxyl groups is 2. The Hall–Kier alpha value is -1.96. The van der Waals surface area contributed by atoms with E-state index in [0.717, 1.165) is 47.9 Å². The van der Waals surface area contributed by atoms with Gasteiger partial charge in [0.25, 0.3) is 0 Å². The predicted octanol–water partition coefficient (Wildman–Crippen LogP) is 6.60. The van der Waals surface area contributed by atoms with Gasteiger partial charge in [0, 0.05) is 0 Å². The molecule has 0 saturated heterocycles. The first-order valence-corrected chi connectivity index (χ1v) is 10.7. The molecule has 2 nitrogen and oxygen atoms in total. The van der Waals surface area contributed by atoms with E-state index < -0.39 is 0 Å². The van der Waals surface area contributed by atoms with E-state index >= 15 is 0 Å². The maximum atomic E-state index is 10.5. The molecule has 154 valence electrons. The summed E-state index contributed by atoms with van der Waals surface area (Å²) in [6.07, 6.45) is 3.29. The predicted molar refractivity (Wildman–Crippen MR) is 120 cm³/mol. The van der Waals surface area contributed by atoms with Crippen LogP contribution in [0.15, 0.2) is 24.3 Å². The molecule has 2 aromatic carbocycles. The number of phenols is 2. The molecule has 2 N–H and O–H groups in total. The Balaban J connectivity index is 2.68. The lowest BCUT2D eigenvalue weighted by molar-refractivity contribution is 0.301. The van der Waals surface area contributed by atoms with Crippen LogP contribution in [0.1, 0.15) is 88.8 Å². The molecule has 2 aromatic rings. The van der Waals surface area contributed by atoms with Crippen LogP contribution in [0.2, 0.25) is 0 Å². The zero-order chi connectivity index (χ0) is 21.3. The van der Waals surface area contributed by atoms with Gasteiger partial charge in [-0.25, -0.2) is 0 Å². The second-order valence-corrected chi connectivity index (χ2v) is 8.95. The highest BCUT2D eigenvalue weighted by Gasteiger charge is 2.40. The van der Waals surface area contributed by atoms with Gasteiger partial charge in [-0.1, -0.05) is 79.7 Å². The Morgan fingerprint density at radius 3 is 0.929 bits per heavy atom. The lowest BCUT2D eigenvalue weighted by Gasteiger charge is -2.43. The first-order chi connectivity index (χ1) is 13.0. The largest absolute Gasteiger partial charge is 0.507 e. The van der Waals surface area contributed by atoms with E-state index in [-0.39, 0.29) is 10.8 Å². The van der Waals surface area contributed by atoms with Crippen molar-refractivity contribution in [3.63, 3.8) is 0 Å². The lowest BCUT2D eigenvalue weighted by Crippen LogP contribution is -2.40. The fraction of sp³-hybridized carbons (Fsp3) is 0.538. The van der Waals surface area contributed by atoms with Gasteiger partial charge < -0.3 is 10.2 Å². The molecule has 0 aliphatic carbocycles. The summed E-state index contributed by atoms with van der Waals surface area (Å²) < 4.78 is 0. The molecule has 0 fully saturated rings. The van der Waals surface area contributed by atoms with E-state index in [1.165, 1.54) is 11.1 Å². The fourth-order valence-electron chi connectivity index (χ4n) is 4.04. The number of benzene rings is 2. The van der Waals surface area contributed by atoms with Gasteiger partial charge in [0.15, 0.2) is 0 Å². The van der Waals surface area contributed by atoms with Gasteiger partial charge in [-0.05, 0) is 69.9 Å². The third kappa shape index (κ3) is 3.66. The van der Waals surface area contributed by atoms with Gasteiger partial charge in [-0.15, -0.1) is 0 Å². The molecule has 0 spiro atoms. The second-order valence-electron chi connectivity index (χ2n) is 8.95. The highest BCUT2D eigenvalue weighted by molar-refractivity contribution is 5.51. The summed E-state index contributed by atoms with van der Waals surface area (Å²) in [4.78, 5) is 0. The normalized spacial score (nSPS) is 12.4. The summed E-state index contributed by atoms with van der Waals surface area (Å²) in [5, 5.41) is 21.1. The Labute approximate surface area is 171 Å². The van der Waals surface area contributed by atoms with Gasteiger partial charge in [0.05, 0.1) is 0 Å². The number of phenolic OH excluding ortho intramolecular Hbond substituents is 2. The van der Waals surface area contributed by atoms with Crippen molar-refractivity contribution in [2.75, 3.05) is 0 Å². The van der Waals surface area contributed by atoms with Crippen LogP contribution in [0.25, 0.3) is 0 Å². The third-order valence-electron chi connectivity index (χ3n) is 7.07. The molecular formula is C26H38O2. The van der Waals surface area contributed by atoms with Crippen LogP contribution in [0.5, 0.6) is 11.5 Å². The Morgan fingerprint density at radius 1 is 0.536 bits per heavy atom. The maximum Gasteiger partial charge on any atom is 0.121 e. The smallest absolute Gasteiger partial charge is 0.121 e. The molecule has 0 atom stereocenters. The average Bonchev–Trinajstić information content (AvgIpc) is 2.67. The van der Waals surface area contributed by atoms with Crippen molar-refractivity contribution >= 4 is 0 Å². The molecule has 0 amide bonds. The van der Waals surface area contributed by atoms with Crippen molar-refractivity contribution in [2.24, 2.45) is 0 Å². The van der Waals surface area contributed by atoms with Gasteiger partial charge in [0.2, 0.25) is 0 Å². The summed E-state index contributed by atoms with van der Waals surface area (Å²) in [6.45, 7) is 17.6. The highest BCUT2D eigenvalue weighted by atomic mass is 16.3. The van der Waals surface area contributed by atoms with Crippen LogP contribution < -0.4 is 0 Å². The topological polar surface area (TPSA) is 40.5 Å². The Morgan fingerprint density at radius 2 is 0.750 bits per heavy atom. The fourth-order valence-corrected chi connectivity index (χ4v) is 4.04. The molecule has 2 rings (SSSR count). The molecule has 0 aromatic heterocycles. The van der Waals surface area contributed by atoms with Crippen LogP contribution in [-0.4, -0.2) is 10.2 Å². The van der Waals surface area contributed by atoms with E-state index in [4.69, 9.17) is 0 Å². The molecule has 0 saturated carbocycles.